The van der Waals surface area contributed by atoms with Crippen molar-refractivity contribution in [3.63, 3.8) is 0 Å². The summed E-state index contributed by atoms with van der Waals surface area (Å²) in [5.74, 6) is -0.566. The van der Waals surface area contributed by atoms with E-state index in [4.69, 9.17) is 44.3 Å². The minimum Gasteiger partial charge on any atom is -0.456 e. The van der Waals surface area contributed by atoms with Crippen molar-refractivity contribution in [2.75, 3.05) is 17.2 Å². The van der Waals surface area contributed by atoms with Crippen LogP contribution in [0.2, 0.25) is 15.1 Å². The second-order valence-electron chi connectivity index (χ2n) is 6.94. The van der Waals surface area contributed by atoms with Crippen LogP contribution in [0, 0.1) is 0 Å². The predicted molar refractivity (Wildman–Crippen MR) is 132 cm³/mol. The topological polar surface area (TPSA) is 93.7 Å². The molecule has 10 heteroatoms. The maximum atomic E-state index is 12.1. The monoisotopic (exact) mass is 520 g/mol. The van der Waals surface area contributed by atoms with E-state index in [1.165, 1.54) is 12.1 Å². The molecule has 2 amide bonds. The Labute approximate surface area is 210 Å². The Balaban J connectivity index is 1.38. The number of amides is 2. The summed E-state index contributed by atoms with van der Waals surface area (Å²) in [6.45, 7) is -0.508. The van der Waals surface area contributed by atoms with Crippen molar-refractivity contribution in [2.45, 2.75) is 12.8 Å². The summed E-state index contributed by atoms with van der Waals surface area (Å²) in [4.78, 5) is 35.9. The van der Waals surface area contributed by atoms with Gasteiger partial charge in [0.25, 0.3) is 5.91 Å². The molecule has 0 fully saturated rings. The summed E-state index contributed by atoms with van der Waals surface area (Å²) in [6.07, 6.45) is -0.296. The molecule has 3 rings (SSSR count). The smallest absolute Gasteiger partial charge is 0.306 e. The Morgan fingerprint density at radius 1 is 0.765 bits per heavy atom. The Bertz CT molecular complexity index is 1190. The fourth-order valence-corrected chi connectivity index (χ4v) is 3.33. The first-order valence-electron chi connectivity index (χ1n) is 10.0. The van der Waals surface area contributed by atoms with E-state index in [9.17, 15) is 14.4 Å². The number of rotatable bonds is 9. The minimum absolute atomic E-state index is 0.110. The second kappa shape index (κ2) is 12.3. The van der Waals surface area contributed by atoms with E-state index in [0.29, 0.717) is 32.9 Å². The molecule has 0 bridgehead atoms. The molecule has 0 saturated carbocycles. The molecule has 0 saturated heterocycles. The maximum absolute atomic E-state index is 12.1. The van der Waals surface area contributed by atoms with E-state index in [1.54, 1.807) is 48.5 Å². The van der Waals surface area contributed by atoms with E-state index in [-0.39, 0.29) is 23.8 Å². The van der Waals surface area contributed by atoms with Gasteiger partial charge in [-0.05, 0) is 54.6 Å². The van der Waals surface area contributed by atoms with Crippen LogP contribution in [0.1, 0.15) is 12.8 Å². The summed E-state index contributed by atoms with van der Waals surface area (Å²) in [7, 11) is 0. The maximum Gasteiger partial charge on any atom is 0.306 e. The van der Waals surface area contributed by atoms with Crippen molar-refractivity contribution in [2.24, 2.45) is 0 Å². The van der Waals surface area contributed by atoms with Crippen LogP contribution in [0.4, 0.5) is 11.4 Å². The molecule has 0 aliphatic carbocycles. The van der Waals surface area contributed by atoms with Crippen LogP contribution in [0.15, 0.2) is 66.7 Å². The van der Waals surface area contributed by atoms with Gasteiger partial charge in [-0.25, -0.2) is 0 Å². The third kappa shape index (κ3) is 7.95. The van der Waals surface area contributed by atoms with Crippen LogP contribution in [-0.2, 0) is 19.1 Å². The van der Waals surface area contributed by atoms with Crippen molar-refractivity contribution in [3.05, 3.63) is 81.8 Å². The van der Waals surface area contributed by atoms with Gasteiger partial charge in [-0.15, -0.1) is 0 Å². The largest absolute Gasteiger partial charge is 0.456 e. The first-order chi connectivity index (χ1) is 16.3. The van der Waals surface area contributed by atoms with Crippen LogP contribution >= 0.6 is 34.8 Å². The van der Waals surface area contributed by atoms with E-state index in [0.717, 1.165) is 0 Å². The van der Waals surface area contributed by atoms with Gasteiger partial charge >= 0.3 is 5.97 Å². The summed E-state index contributed by atoms with van der Waals surface area (Å²) in [6, 6.07) is 18.3. The number of halogens is 3. The standard InChI is InChI=1S/C24H19Cl3N2O5/c25-15-5-10-20(19(27)13-15)29-23(31)14-33-24(32)12-11-22(30)28-16-6-8-17(9-7-16)34-21-4-2-1-3-18(21)26/h1-10,13H,11-12,14H2,(H,28,30)(H,29,31). The third-order valence-corrected chi connectivity index (χ3v) is 5.19. The number of esters is 1. The molecule has 0 aliphatic rings. The molecule has 3 aromatic carbocycles. The Morgan fingerprint density at radius 2 is 1.50 bits per heavy atom. The lowest BCUT2D eigenvalue weighted by Crippen LogP contribution is -2.22. The normalized spacial score (nSPS) is 10.3. The lowest BCUT2D eigenvalue weighted by molar-refractivity contribution is -0.147. The van der Waals surface area contributed by atoms with Crippen molar-refractivity contribution < 1.29 is 23.9 Å². The summed E-state index contributed by atoms with van der Waals surface area (Å²) >= 11 is 17.8. The van der Waals surface area contributed by atoms with E-state index in [2.05, 4.69) is 10.6 Å². The molecule has 0 atom stereocenters. The average Bonchev–Trinajstić information content (AvgIpc) is 2.81. The quantitative estimate of drug-likeness (QED) is 0.321. The van der Waals surface area contributed by atoms with Crippen molar-refractivity contribution in [1.82, 2.24) is 0 Å². The SMILES string of the molecule is O=C(CCC(=O)OCC(=O)Nc1ccc(Cl)cc1Cl)Nc1ccc(Oc2ccccc2Cl)cc1. The molecule has 2 N–H and O–H groups in total. The van der Waals surface area contributed by atoms with Crippen molar-refractivity contribution >= 4 is 64.0 Å². The van der Waals surface area contributed by atoms with Crippen LogP contribution in [0.5, 0.6) is 11.5 Å². The van der Waals surface area contributed by atoms with Crippen LogP contribution < -0.4 is 15.4 Å². The number of nitrogens with one attached hydrogen (secondary N) is 2. The van der Waals surface area contributed by atoms with Crippen molar-refractivity contribution in [1.29, 1.82) is 0 Å². The van der Waals surface area contributed by atoms with E-state index >= 15 is 0 Å². The van der Waals surface area contributed by atoms with Crippen LogP contribution in [0.25, 0.3) is 0 Å². The molecule has 0 aromatic heterocycles. The second-order valence-corrected chi connectivity index (χ2v) is 8.19. The zero-order valence-electron chi connectivity index (χ0n) is 17.6. The zero-order valence-corrected chi connectivity index (χ0v) is 19.9. The Hall–Kier alpha value is -3.26. The number of carbonyl (C=O) groups is 3. The fraction of sp³-hybridized carbons (Fsp3) is 0.125. The summed E-state index contributed by atoms with van der Waals surface area (Å²) in [5.41, 5.74) is 0.874. The molecule has 176 valence electrons. The molecule has 0 spiro atoms. The highest BCUT2D eigenvalue weighted by Crippen LogP contribution is 2.29. The number of benzene rings is 3. The number of carbonyl (C=O) groups excluding carboxylic acids is 3. The zero-order chi connectivity index (χ0) is 24.5. The average molecular weight is 522 g/mol. The van der Waals surface area contributed by atoms with Gasteiger partial charge in [0.2, 0.25) is 5.91 Å². The lowest BCUT2D eigenvalue weighted by atomic mass is 10.2. The Morgan fingerprint density at radius 3 is 2.21 bits per heavy atom. The molecule has 0 heterocycles. The molecule has 34 heavy (non-hydrogen) atoms. The lowest BCUT2D eigenvalue weighted by Gasteiger charge is -2.09. The number of hydrogen-bond acceptors (Lipinski definition) is 5. The Kier molecular flexibility index (Phi) is 9.16. The van der Waals surface area contributed by atoms with Crippen LogP contribution in [-0.4, -0.2) is 24.4 Å². The minimum atomic E-state index is -0.684. The van der Waals surface area contributed by atoms with Gasteiger partial charge in [0, 0.05) is 17.1 Å². The molecule has 0 aliphatic heterocycles. The molecule has 3 aromatic rings. The third-order valence-electron chi connectivity index (χ3n) is 4.33. The van der Waals surface area contributed by atoms with Gasteiger partial charge in [-0.2, -0.15) is 0 Å². The highest BCUT2D eigenvalue weighted by molar-refractivity contribution is 6.36. The van der Waals surface area contributed by atoms with Gasteiger partial charge < -0.3 is 20.1 Å². The van der Waals surface area contributed by atoms with Crippen LogP contribution in [0.3, 0.4) is 0 Å². The van der Waals surface area contributed by atoms with Gasteiger partial charge in [-0.3, -0.25) is 14.4 Å². The number of para-hydroxylation sites is 1. The first-order valence-corrected chi connectivity index (χ1v) is 11.2. The molecule has 0 radical (unpaired) electrons. The summed E-state index contributed by atoms with van der Waals surface area (Å²) in [5, 5.41) is 6.35. The number of anilines is 2. The van der Waals surface area contributed by atoms with Gasteiger partial charge in [-0.1, -0.05) is 46.9 Å². The van der Waals surface area contributed by atoms with E-state index in [1.807, 2.05) is 6.07 Å². The molecular weight excluding hydrogens is 503 g/mol. The van der Waals surface area contributed by atoms with E-state index < -0.39 is 18.5 Å². The molecule has 7 nitrogen and oxygen atoms in total. The summed E-state index contributed by atoms with van der Waals surface area (Å²) < 4.78 is 10.6. The number of hydrogen-bond donors (Lipinski definition) is 2. The van der Waals surface area contributed by atoms with Gasteiger partial charge in [0.1, 0.15) is 11.5 Å². The number of ether oxygens (including phenoxy) is 2. The van der Waals surface area contributed by atoms with Gasteiger partial charge in [0.05, 0.1) is 22.2 Å². The highest BCUT2D eigenvalue weighted by Gasteiger charge is 2.12. The van der Waals surface area contributed by atoms with Gasteiger partial charge in [0.15, 0.2) is 6.61 Å². The first kappa shape index (κ1) is 25.4. The fourth-order valence-electron chi connectivity index (χ4n) is 2.70. The van der Waals surface area contributed by atoms with Crippen molar-refractivity contribution in [3.8, 4) is 11.5 Å². The molecule has 0 unspecified atom stereocenters. The molecular formula is C24H19Cl3N2O5. The predicted octanol–water partition coefficient (Wildman–Crippen LogP) is 6.34. The highest BCUT2D eigenvalue weighted by atomic mass is 35.5.